The molecule has 0 spiro atoms. The van der Waals surface area contributed by atoms with Gasteiger partial charge in [0.05, 0.1) is 5.56 Å². The van der Waals surface area contributed by atoms with E-state index in [1.165, 1.54) is 11.6 Å². The third kappa shape index (κ3) is 4.16. The van der Waals surface area contributed by atoms with Crippen molar-refractivity contribution in [2.24, 2.45) is 0 Å². The van der Waals surface area contributed by atoms with Crippen LogP contribution in [0.5, 0.6) is 0 Å². The maximum Gasteiger partial charge on any atom is 0.257 e. The van der Waals surface area contributed by atoms with E-state index in [0.717, 1.165) is 6.42 Å². The molecule has 0 fully saturated rings. The minimum atomic E-state index is -0.185. The van der Waals surface area contributed by atoms with Crippen molar-refractivity contribution in [3.8, 4) is 0 Å². The Morgan fingerprint density at radius 1 is 1.19 bits per heavy atom. The van der Waals surface area contributed by atoms with Gasteiger partial charge < -0.3 is 4.90 Å². The second kappa shape index (κ2) is 7.38. The summed E-state index contributed by atoms with van der Waals surface area (Å²) in [5.74, 6) is -0.185. The van der Waals surface area contributed by atoms with E-state index in [-0.39, 0.29) is 21.8 Å². The Morgan fingerprint density at radius 3 is 2.57 bits per heavy atom. The molecule has 0 atom stereocenters. The van der Waals surface area contributed by atoms with Crippen LogP contribution in [0.3, 0.4) is 0 Å². The van der Waals surface area contributed by atoms with Gasteiger partial charge in [-0.1, -0.05) is 53.5 Å². The Kier molecular flexibility index (Phi) is 5.53. The van der Waals surface area contributed by atoms with Crippen LogP contribution in [0.2, 0.25) is 10.3 Å². The van der Waals surface area contributed by atoms with E-state index in [2.05, 4.69) is 10.2 Å². The number of aromatic nitrogens is 2. The molecule has 1 heterocycles. The molecule has 110 valence electrons. The highest BCUT2D eigenvalue weighted by Crippen LogP contribution is 2.17. The molecule has 0 N–H and O–H groups in total. The largest absolute Gasteiger partial charge is 0.338 e. The normalized spacial score (nSPS) is 10.4. The van der Waals surface area contributed by atoms with Gasteiger partial charge in [-0.05, 0) is 25.0 Å². The molecule has 21 heavy (non-hydrogen) atoms. The zero-order valence-electron chi connectivity index (χ0n) is 11.6. The van der Waals surface area contributed by atoms with Crippen molar-refractivity contribution >= 4 is 29.1 Å². The number of amides is 1. The lowest BCUT2D eigenvalue weighted by molar-refractivity contribution is 0.0765. The van der Waals surface area contributed by atoms with Crippen LogP contribution < -0.4 is 0 Å². The number of carbonyl (C=O) groups excluding carboxylic acids is 1. The molecular weight excluding hydrogens is 309 g/mol. The highest BCUT2D eigenvalue weighted by atomic mass is 35.5. The Hall–Kier alpha value is -1.65. The first-order valence-electron chi connectivity index (χ1n) is 6.63. The molecule has 0 unspecified atom stereocenters. The summed E-state index contributed by atoms with van der Waals surface area (Å²) in [6.45, 7) is 3.12. The highest BCUT2D eigenvalue weighted by Gasteiger charge is 2.19. The summed E-state index contributed by atoms with van der Waals surface area (Å²) in [6.07, 6.45) is 0.782. The number of benzene rings is 1. The van der Waals surface area contributed by atoms with Crippen LogP contribution in [0.25, 0.3) is 0 Å². The SMILES string of the molecule is CCN(CCc1ccccc1)C(=O)c1cc(Cl)nnc1Cl. The highest BCUT2D eigenvalue weighted by molar-refractivity contribution is 6.34. The van der Waals surface area contributed by atoms with Gasteiger partial charge in [0.25, 0.3) is 5.91 Å². The van der Waals surface area contributed by atoms with E-state index in [9.17, 15) is 4.79 Å². The van der Waals surface area contributed by atoms with Crippen molar-refractivity contribution in [2.75, 3.05) is 13.1 Å². The monoisotopic (exact) mass is 323 g/mol. The van der Waals surface area contributed by atoms with Gasteiger partial charge in [-0.2, -0.15) is 0 Å². The van der Waals surface area contributed by atoms with Crippen molar-refractivity contribution < 1.29 is 4.79 Å². The lowest BCUT2D eigenvalue weighted by Gasteiger charge is -2.21. The van der Waals surface area contributed by atoms with Gasteiger partial charge in [0.2, 0.25) is 0 Å². The van der Waals surface area contributed by atoms with Crippen LogP contribution >= 0.6 is 23.2 Å². The van der Waals surface area contributed by atoms with Gasteiger partial charge in [0.1, 0.15) is 0 Å². The topological polar surface area (TPSA) is 46.1 Å². The summed E-state index contributed by atoms with van der Waals surface area (Å²) >= 11 is 11.7. The Balaban J connectivity index is 2.10. The van der Waals surface area contributed by atoms with E-state index in [1.807, 2.05) is 37.3 Å². The number of likely N-dealkylation sites (N-methyl/N-ethyl adjacent to an activating group) is 1. The van der Waals surface area contributed by atoms with Crippen LogP contribution in [0.15, 0.2) is 36.4 Å². The zero-order chi connectivity index (χ0) is 15.2. The number of nitrogens with zero attached hydrogens (tertiary/aromatic N) is 3. The average molecular weight is 324 g/mol. The van der Waals surface area contributed by atoms with Crippen molar-refractivity contribution in [1.82, 2.24) is 15.1 Å². The van der Waals surface area contributed by atoms with Gasteiger partial charge in [-0.3, -0.25) is 4.79 Å². The molecule has 0 saturated heterocycles. The molecule has 2 rings (SSSR count). The first-order valence-corrected chi connectivity index (χ1v) is 7.39. The van der Waals surface area contributed by atoms with E-state index in [4.69, 9.17) is 23.2 Å². The summed E-state index contributed by atoms with van der Waals surface area (Å²) in [7, 11) is 0. The van der Waals surface area contributed by atoms with E-state index in [0.29, 0.717) is 13.1 Å². The number of hydrogen-bond acceptors (Lipinski definition) is 3. The second-order valence-corrected chi connectivity index (χ2v) is 5.24. The molecular formula is C15H15Cl2N3O. The van der Waals surface area contributed by atoms with Crippen molar-refractivity contribution in [2.45, 2.75) is 13.3 Å². The molecule has 1 amide bonds. The summed E-state index contributed by atoms with van der Waals surface area (Å²) in [6, 6.07) is 11.5. The maximum absolute atomic E-state index is 12.5. The van der Waals surface area contributed by atoms with Gasteiger partial charge in [0.15, 0.2) is 10.3 Å². The molecule has 6 heteroatoms. The van der Waals surface area contributed by atoms with Gasteiger partial charge in [0, 0.05) is 13.1 Å². The fraction of sp³-hybridized carbons (Fsp3) is 0.267. The molecule has 0 bridgehead atoms. The lowest BCUT2D eigenvalue weighted by atomic mass is 10.1. The first kappa shape index (κ1) is 15.7. The quantitative estimate of drug-likeness (QED) is 0.846. The summed E-state index contributed by atoms with van der Waals surface area (Å²) < 4.78 is 0. The zero-order valence-corrected chi connectivity index (χ0v) is 13.1. The molecule has 0 aliphatic heterocycles. The fourth-order valence-electron chi connectivity index (χ4n) is 1.99. The molecule has 0 aliphatic carbocycles. The third-order valence-electron chi connectivity index (χ3n) is 3.13. The average Bonchev–Trinajstić information content (AvgIpc) is 2.51. The van der Waals surface area contributed by atoms with E-state index < -0.39 is 0 Å². The predicted octanol–water partition coefficient (Wildman–Crippen LogP) is 3.49. The summed E-state index contributed by atoms with van der Waals surface area (Å²) in [5.41, 5.74) is 1.47. The van der Waals surface area contributed by atoms with Crippen LogP contribution in [-0.2, 0) is 6.42 Å². The molecule has 1 aromatic carbocycles. The number of hydrogen-bond donors (Lipinski definition) is 0. The standard InChI is InChI=1S/C15H15Cl2N3O/c1-2-20(9-8-11-6-4-3-5-7-11)15(21)12-10-13(16)18-19-14(12)17/h3-7,10H,2,8-9H2,1H3. The van der Waals surface area contributed by atoms with Gasteiger partial charge in [-0.25, -0.2) is 0 Å². The third-order valence-corrected chi connectivity index (χ3v) is 3.60. The molecule has 2 aromatic rings. The van der Waals surface area contributed by atoms with Crippen molar-refractivity contribution in [3.63, 3.8) is 0 Å². The Bertz CT molecular complexity index is 620. The first-order chi connectivity index (χ1) is 10.1. The minimum Gasteiger partial charge on any atom is -0.338 e. The maximum atomic E-state index is 12.5. The van der Waals surface area contributed by atoms with Crippen molar-refractivity contribution in [3.05, 3.63) is 57.8 Å². The predicted molar refractivity (Wildman–Crippen MR) is 83.8 cm³/mol. The molecule has 0 aliphatic rings. The Morgan fingerprint density at radius 2 is 1.90 bits per heavy atom. The Labute approximate surface area is 133 Å². The van der Waals surface area contributed by atoms with E-state index in [1.54, 1.807) is 4.90 Å². The van der Waals surface area contributed by atoms with Crippen LogP contribution in [0.1, 0.15) is 22.8 Å². The van der Waals surface area contributed by atoms with Crippen molar-refractivity contribution in [1.29, 1.82) is 0 Å². The second-order valence-electron chi connectivity index (χ2n) is 4.49. The lowest BCUT2D eigenvalue weighted by Crippen LogP contribution is -2.33. The molecule has 0 radical (unpaired) electrons. The van der Waals surface area contributed by atoms with E-state index >= 15 is 0 Å². The van der Waals surface area contributed by atoms with Crippen LogP contribution in [-0.4, -0.2) is 34.1 Å². The van der Waals surface area contributed by atoms with Gasteiger partial charge >= 0.3 is 0 Å². The summed E-state index contributed by atoms with van der Waals surface area (Å²) in [4.78, 5) is 14.2. The summed E-state index contributed by atoms with van der Waals surface area (Å²) in [5, 5.41) is 7.51. The smallest absolute Gasteiger partial charge is 0.257 e. The van der Waals surface area contributed by atoms with Crippen LogP contribution in [0.4, 0.5) is 0 Å². The van der Waals surface area contributed by atoms with Gasteiger partial charge in [-0.15, -0.1) is 10.2 Å². The molecule has 0 saturated carbocycles. The molecule has 1 aromatic heterocycles. The number of halogens is 2. The van der Waals surface area contributed by atoms with Crippen LogP contribution in [0, 0.1) is 0 Å². The number of carbonyl (C=O) groups is 1. The minimum absolute atomic E-state index is 0.0718. The fourth-order valence-corrected chi connectivity index (χ4v) is 2.31. The molecule has 4 nitrogen and oxygen atoms in total. The number of rotatable bonds is 5.